The summed E-state index contributed by atoms with van der Waals surface area (Å²) in [6.07, 6.45) is 0.668. The Balaban J connectivity index is 1.20. The van der Waals surface area contributed by atoms with Gasteiger partial charge in [0, 0.05) is 44.5 Å². The molecule has 1 aliphatic carbocycles. The number of nitrogens with zero attached hydrogens (tertiary/aromatic N) is 4. The van der Waals surface area contributed by atoms with E-state index < -0.39 is 23.3 Å². The van der Waals surface area contributed by atoms with E-state index in [9.17, 15) is 22.4 Å². The number of halogens is 4. The molecule has 2 N–H and O–H groups in total. The molecule has 1 fully saturated rings. The molecular weight excluding hydrogens is 532 g/mol. The van der Waals surface area contributed by atoms with E-state index >= 15 is 0 Å². The van der Waals surface area contributed by atoms with E-state index in [0.29, 0.717) is 36.5 Å². The molecule has 0 bridgehead atoms. The Hall–Kier alpha value is -4.13. The second-order valence-electron chi connectivity index (χ2n) is 9.78. The number of carbonyl (C=O) groups excluding carboxylic acids is 1. The maximum Gasteiger partial charge on any atom is 0.401 e. The zero-order chi connectivity index (χ0) is 28.5. The maximum atomic E-state index is 14.8. The summed E-state index contributed by atoms with van der Waals surface area (Å²) in [5, 5.41) is 9.07. The van der Waals surface area contributed by atoms with Gasteiger partial charge in [-0.1, -0.05) is 17.3 Å². The molecule has 1 aliphatic rings. The van der Waals surface area contributed by atoms with Crippen molar-refractivity contribution in [1.82, 2.24) is 20.2 Å². The SMILES string of the molecule is COCC[n+]1[nH]cc(Cc2ncc(-c3ccc(CC(=O)Nc4cc(C5(C(F)(F)F)CC5)on4)c(F)c3)cn2)c1C. The van der Waals surface area contributed by atoms with Crippen molar-refractivity contribution in [2.45, 2.75) is 50.7 Å². The molecule has 0 radical (unpaired) electrons. The second-order valence-corrected chi connectivity index (χ2v) is 9.78. The summed E-state index contributed by atoms with van der Waals surface area (Å²) in [6, 6.07) is 5.47. The Morgan fingerprint density at radius 3 is 2.58 bits per heavy atom. The number of rotatable bonds is 10. The monoisotopic (exact) mass is 559 g/mol. The first-order chi connectivity index (χ1) is 19.1. The number of anilines is 1. The van der Waals surface area contributed by atoms with Gasteiger partial charge in [-0.05, 0) is 30.0 Å². The van der Waals surface area contributed by atoms with E-state index in [1.165, 1.54) is 12.1 Å². The number of aromatic amines is 1. The van der Waals surface area contributed by atoms with Crippen molar-refractivity contribution in [1.29, 1.82) is 0 Å². The molecule has 1 amide bonds. The zero-order valence-electron chi connectivity index (χ0n) is 21.8. The van der Waals surface area contributed by atoms with Gasteiger partial charge < -0.3 is 14.6 Å². The fourth-order valence-corrected chi connectivity index (χ4v) is 4.47. The molecule has 210 valence electrons. The van der Waals surface area contributed by atoms with Crippen LogP contribution in [0.25, 0.3) is 11.1 Å². The van der Waals surface area contributed by atoms with Crippen LogP contribution in [-0.4, -0.2) is 46.0 Å². The topological polar surface area (TPSA) is 110 Å². The van der Waals surface area contributed by atoms with Gasteiger partial charge in [0.2, 0.25) is 11.6 Å². The first-order valence-electron chi connectivity index (χ1n) is 12.6. The fourth-order valence-electron chi connectivity index (χ4n) is 4.47. The molecule has 3 aromatic heterocycles. The van der Waals surface area contributed by atoms with Crippen molar-refractivity contribution in [3.05, 3.63) is 77.1 Å². The molecule has 40 heavy (non-hydrogen) atoms. The van der Waals surface area contributed by atoms with Crippen LogP contribution in [0.2, 0.25) is 0 Å². The average Bonchev–Trinajstić information content (AvgIpc) is 3.51. The van der Waals surface area contributed by atoms with E-state index in [-0.39, 0.29) is 36.4 Å². The van der Waals surface area contributed by atoms with Crippen LogP contribution in [-0.2, 0) is 34.3 Å². The maximum absolute atomic E-state index is 14.8. The molecule has 1 saturated carbocycles. The summed E-state index contributed by atoms with van der Waals surface area (Å²) < 4.78 is 66.6. The van der Waals surface area contributed by atoms with Gasteiger partial charge >= 0.3 is 6.18 Å². The summed E-state index contributed by atoms with van der Waals surface area (Å²) in [4.78, 5) is 21.2. The molecule has 3 heterocycles. The van der Waals surface area contributed by atoms with E-state index in [1.807, 2.05) is 17.8 Å². The summed E-state index contributed by atoms with van der Waals surface area (Å²) in [6.45, 7) is 3.29. The van der Waals surface area contributed by atoms with E-state index in [4.69, 9.17) is 9.26 Å². The minimum Gasteiger partial charge on any atom is -0.378 e. The van der Waals surface area contributed by atoms with E-state index in [0.717, 1.165) is 17.3 Å². The van der Waals surface area contributed by atoms with Crippen molar-refractivity contribution < 1.29 is 36.3 Å². The number of H-pyrrole nitrogens is 1. The molecule has 0 spiro atoms. The molecule has 0 saturated heterocycles. The van der Waals surface area contributed by atoms with Crippen LogP contribution in [0, 0.1) is 12.7 Å². The Kier molecular flexibility index (Phi) is 7.41. The highest BCUT2D eigenvalue weighted by atomic mass is 19.4. The number of methoxy groups -OCH3 is 1. The molecule has 5 rings (SSSR count). The number of nitrogens with one attached hydrogen (secondary N) is 2. The number of aromatic nitrogens is 5. The first-order valence-corrected chi connectivity index (χ1v) is 12.6. The van der Waals surface area contributed by atoms with Crippen molar-refractivity contribution >= 4 is 11.7 Å². The lowest BCUT2D eigenvalue weighted by atomic mass is 10.0. The van der Waals surface area contributed by atoms with Crippen LogP contribution in [0.1, 0.15) is 41.2 Å². The van der Waals surface area contributed by atoms with Gasteiger partial charge in [-0.2, -0.15) is 18.3 Å². The minimum atomic E-state index is -4.46. The molecule has 0 unspecified atom stereocenters. The fraction of sp³-hybridized carbons (Fsp3) is 0.370. The van der Waals surface area contributed by atoms with Gasteiger partial charge in [0.1, 0.15) is 23.7 Å². The standard InChI is InChI=1S/C27H26F4N6O3/c1-16-19(15-34-37(16)7-8-39-2)10-23-32-13-20(14-33-23)17-3-4-18(21(28)9-17)11-25(38)35-24-12-22(40-36-24)26(5-6-26)27(29,30)31/h3-4,9,12-15H,5-8,10-11H2,1-2H3,(H,35,36,38)/p+1. The van der Waals surface area contributed by atoms with Crippen molar-refractivity contribution in [3.63, 3.8) is 0 Å². The highest BCUT2D eigenvalue weighted by molar-refractivity contribution is 5.91. The number of ether oxygens (including phenoxy) is 1. The highest BCUT2D eigenvalue weighted by Gasteiger charge is 2.66. The Morgan fingerprint density at radius 2 is 1.93 bits per heavy atom. The van der Waals surface area contributed by atoms with Crippen LogP contribution in [0.4, 0.5) is 23.4 Å². The molecular formula is C27H27F4N6O3+. The third-order valence-corrected chi connectivity index (χ3v) is 7.12. The molecule has 13 heteroatoms. The van der Waals surface area contributed by atoms with Gasteiger partial charge in [0.05, 0.1) is 18.2 Å². The number of alkyl halides is 3. The molecule has 4 aromatic rings. The number of carbonyl (C=O) groups is 1. The van der Waals surface area contributed by atoms with E-state index in [1.54, 1.807) is 25.6 Å². The quantitative estimate of drug-likeness (QED) is 0.223. The largest absolute Gasteiger partial charge is 0.401 e. The Bertz CT molecular complexity index is 1510. The first kappa shape index (κ1) is 27.4. The lowest BCUT2D eigenvalue weighted by Crippen LogP contribution is -2.40. The summed E-state index contributed by atoms with van der Waals surface area (Å²) >= 11 is 0. The van der Waals surface area contributed by atoms with Crippen LogP contribution >= 0.6 is 0 Å². The average molecular weight is 560 g/mol. The lowest BCUT2D eigenvalue weighted by Gasteiger charge is -2.14. The van der Waals surface area contributed by atoms with Crippen LogP contribution < -0.4 is 10.00 Å². The molecule has 9 nitrogen and oxygen atoms in total. The molecule has 1 aromatic carbocycles. The number of amides is 1. The van der Waals surface area contributed by atoms with Gasteiger partial charge in [0.15, 0.2) is 18.1 Å². The van der Waals surface area contributed by atoms with Gasteiger partial charge in [-0.15, -0.1) is 4.68 Å². The number of hydrogen-bond donors (Lipinski definition) is 2. The minimum absolute atomic E-state index is 0.0910. The van der Waals surface area contributed by atoms with Crippen molar-refractivity contribution in [2.24, 2.45) is 0 Å². The molecule has 0 aliphatic heterocycles. The third-order valence-electron chi connectivity index (χ3n) is 7.12. The zero-order valence-corrected chi connectivity index (χ0v) is 21.8. The third kappa shape index (κ3) is 5.60. The molecule has 0 atom stereocenters. The van der Waals surface area contributed by atoms with Gasteiger partial charge in [0.25, 0.3) is 0 Å². The van der Waals surface area contributed by atoms with Crippen LogP contribution in [0.5, 0.6) is 0 Å². The smallest absolute Gasteiger partial charge is 0.378 e. The Labute approximate surface area is 226 Å². The predicted molar refractivity (Wildman–Crippen MR) is 134 cm³/mol. The highest BCUT2D eigenvalue weighted by Crippen LogP contribution is 2.59. The Morgan fingerprint density at radius 1 is 1.18 bits per heavy atom. The lowest BCUT2D eigenvalue weighted by molar-refractivity contribution is -0.756. The van der Waals surface area contributed by atoms with Gasteiger partial charge in [-0.3, -0.25) is 4.79 Å². The van der Waals surface area contributed by atoms with Gasteiger partial charge in [-0.25, -0.2) is 14.4 Å². The van der Waals surface area contributed by atoms with Crippen LogP contribution in [0.3, 0.4) is 0 Å². The summed E-state index contributed by atoms with van der Waals surface area (Å²) in [7, 11) is 1.65. The predicted octanol–water partition coefficient (Wildman–Crippen LogP) is 4.21. The number of benzene rings is 1. The van der Waals surface area contributed by atoms with Crippen LogP contribution in [0.15, 0.2) is 47.4 Å². The number of hydrogen-bond acceptors (Lipinski definition) is 6. The normalized spacial score (nSPS) is 14.3. The van der Waals surface area contributed by atoms with E-state index in [2.05, 4.69) is 25.5 Å². The van der Waals surface area contributed by atoms with Crippen molar-refractivity contribution in [2.75, 3.05) is 19.0 Å². The second kappa shape index (κ2) is 10.8. The van der Waals surface area contributed by atoms with Crippen molar-refractivity contribution in [3.8, 4) is 11.1 Å². The summed E-state index contributed by atoms with van der Waals surface area (Å²) in [5.74, 6) is -1.13. The summed E-state index contributed by atoms with van der Waals surface area (Å²) in [5.41, 5.74) is 1.32.